The number of hydrogen-bond donors (Lipinski definition) is 1. The van der Waals surface area contributed by atoms with E-state index in [9.17, 15) is 27.6 Å². The number of benzene rings is 2. The van der Waals surface area contributed by atoms with Crippen molar-refractivity contribution in [1.82, 2.24) is 29.5 Å². The third kappa shape index (κ3) is 5.68. The fourth-order valence-electron chi connectivity index (χ4n) is 5.31. The molecular formula is C31H30BrF3N6O3. The molecule has 0 fully saturated rings. The van der Waals surface area contributed by atoms with Gasteiger partial charge in [0.1, 0.15) is 0 Å². The maximum atomic E-state index is 14.2. The number of nitrogens with zero attached hydrogens (tertiary/aromatic N) is 5. The zero-order valence-electron chi connectivity index (χ0n) is 24.5. The number of carbonyl (C=O) groups is 2. The topological polar surface area (TPSA) is 102 Å². The normalized spacial score (nSPS) is 14.8. The van der Waals surface area contributed by atoms with Crippen LogP contribution < -0.4 is 10.9 Å². The minimum absolute atomic E-state index is 0.0746. The van der Waals surface area contributed by atoms with Gasteiger partial charge in [-0.3, -0.25) is 14.4 Å². The Balaban J connectivity index is 1.64. The molecule has 9 nitrogen and oxygen atoms in total. The van der Waals surface area contributed by atoms with Crippen LogP contribution in [0.25, 0.3) is 11.6 Å². The highest BCUT2D eigenvalue weighted by molar-refractivity contribution is 9.10. The third-order valence-electron chi connectivity index (χ3n) is 7.74. The summed E-state index contributed by atoms with van der Waals surface area (Å²) in [6.07, 6.45) is -3.25. The highest BCUT2D eigenvalue weighted by Gasteiger charge is 2.36. The zero-order valence-corrected chi connectivity index (χ0v) is 26.1. The van der Waals surface area contributed by atoms with Gasteiger partial charge in [-0.25, -0.2) is 14.2 Å². The van der Waals surface area contributed by atoms with Crippen LogP contribution >= 0.6 is 15.9 Å². The second-order valence-corrected chi connectivity index (χ2v) is 11.4. The average molecular weight is 672 g/mol. The van der Waals surface area contributed by atoms with Crippen LogP contribution in [-0.4, -0.2) is 49.1 Å². The molecule has 0 radical (unpaired) electrons. The lowest BCUT2D eigenvalue weighted by Crippen LogP contribution is -2.46. The molecule has 4 aromatic rings. The first-order valence-corrected chi connectivity index (χ1v) is 14.9. The lowest BCUT2D eigenvalue weighted by Gasteiger charge is -2.34. The first-order chi connectivity index (χ1) is 20.9. The molecule has 230 valence electrons. The van der Waals surface area contributed by atoms with Crippen molar-refractivity contribution in [2.24, 2.45) is 0 Å². The SMILES string of the molecule is CCc1cc(CC)n(-c2nc3c(c(=O)n2-c2ccc(C(=O)NC)cc2)CC(C)N(C(=O)c2ccc(Br)c(C(F)(F)F)c2)C3)n1. The summed E-state index contributed by atoms with van der Waals surface area (Å²) in [5.74, 6) is -0.657. The van der Waals surface area contributed by atoms with Crippen LogP contribution in [0.1, 0.15) is 69.7 Å². The van der Waals surface area contributed by atoms with Gasteiger partial charge in [0, 0.05) is 39.9 Å². The molecule has 0 saturated carbocycles. The molecule has 2 aromatic carbocycles. The van der Waals surface area contributed by atoms with Gasteiger partial charge < -0.3 is 10.2 Å². The number of nitrogens with one attached hydrogen (secondary N) is 1. The molecule has 1 atom stereocenters. The number of fused-ring (bicyclic) bond motifs is 1. The maximum absolute atomic E-state index is 14.2. The number of halogens is 4. The highest BCUT2D eigenvalue weighted by atomic mass is 79.9. The second-order valence-electron chi connectivity index (χ2n) is 10.5. The summed E-state index contributed by atoms with van der Waals surface area (Å²) in [7, 11) is 1.53. The molecule has 0 aliphatic carbocycles. The number of rotatable bonds is 6. The molecule has 44 heavy (non-hydrogen) atoms. The van der Waals surface area contributed by atoms with E-state index >= 15 is 0 Å². The van der Waals surface area contributed by atoms with Crippen molar-refractivity contribution in [2.45, 2.75) is 58.8 Å². The van der Waals surface area contributed by atoms with Crippen molar-refractivity contribution in [2.75, 3.05) is 7.05 Å². The molecule has 0 spiro atoms. The Morgan fingerprint density at radius 3 is 2.34 bits per heavy atom. The largest absolute Gasteiger partial charge is 0.417 e. The van der Waals surface area contributed by atoms with Gasteiger partial charge in [0.25, 0.3) is 17.4 Å². The van der Waals surface area contributed by atoms with Gasteiger partial charge in [-0.15, -0.1) is 0 Å². The van der Waals surface area contributed by atoms with Crippen LogP contribution in [0.2, 0.25) is 0 Å². The summed E-state index contributed by atoms with van der Waals surface area (Å²) >= 11 is 2.92. The molecule has 3 heterocycles. The Hall–Kier alpha value is -4.26. The zero-order chi connectivity index (χ0) is 31.9. The smallest absolute Gasteiger partial charge is 0.355 e. The van der Waals surface area contributed by atoms with E-state index in [0.717, 1.165) is 17.5 Å². The van der Waals surface area contributed by atoms with E-state index in [-0.39, 0.29) is 40.4 Å². The highest BCUT2D eigenvalue weighted by Crippen LogP contribution is 2.36. The predicted octanol–water partition coefficient (Wildman–Crippen LogP) is 5.27. The molecule has 0 bridgehead atoms. The Morgan fingerprint density at radius 1 is 1.05 bits per heavy atom. The standard InChI is InChI=1S/C31H30BrF3N6O3/c1-5-20-15-21(6-2)41(38-20)30-37-26-16-39(28(43)19-9-12-25(32)24(14-19)31(33,34)35)17(3)13-23(26)29(44)40(30)22-10-7-18(8-11-22)27(42)36-4/h7-12,14-15,17H,5-6,13,16H2,1-4H3,(H,36,42). The summed E-state index contributed by atoms with van der Waals surface area (Å²) in [5.41, 5.74) is 1.84. The number of carbonyl (C=O) groups excluding carboxylic acids is 2. The second kappa shape index (κ2) is 12.0. The Bertz CT molecular complexity index is 1810. The van der Waals surface area contributed by atoms with E-state index in [0.29, 0.717) is 35.3 Å². The number of amides is 2. The van der Waals surface area contributed by atoms with E-state index in [1.54, 1.807) is 35.9 Å². The summed E-state index contributed by atoms with van der Waals surface area (Å²) < 4.78 is 43.6. The lowest BCUT2D eigenvalue weighted by atomic mass is 9.98. The van der Waals surface area contributed by atoms with E-state index in [2.05, 4.69) is 21.2 Å². The number of hydrogen-bond acceptors (Lipinski definition) is 5. The molecular weight excluding hydrogens is 641 g/mol. The monoisotopic (exact) mass is 670 g/mol. The van der Waals surface area contributed by atoms with Crippen LogP contribution in [0.15, 0.2) is 57.8 Å². The molecule has 1 aliphatic rings. The maximum Gasteiger partial charge on any atom is 0.417 e. The lowest BCUT2D eigenvalue weighted by molar-refractivity contribution is -0.138. The van der Waals surface area contributed by atoms with Gasteiger partial charge in [-0.1, -0.05) is 29.8 Å². The van der Waals surface area contributed by atoms with Gasteiger partial charge >= 0.3 is 6.18 Å². The number of aryl methyl sites for hydroxylation is 2. The minimum Gasteiger partial charge on any atom is -0.355 e. The van der Waals surface area contributed by atoms with Gasteiger partial charge in [-0.2, -0.15) is 18.3 Å². The summed E-state index contributed by atoms with van der Waals surface area (Å²) in [4.78, 5) is 46.2. The Morgan fingerprint density at radius 2 is 1.73 bits per heavy atom. The van der Waals surface area contributed by atoms with Crippen LogP contribution in [0.3, 0.4) is 0 Å². The molecule has 1 aliphatic heterocycles. The number of alkyl halides is 3. The minimum atomic E-state index is -4.65. The molecule has 2 amide bonds. The molecule has 1 N–H and O–H groups in total. The van der Waals surface area contributed by atoms with E-state index in [1.165, 1.54) is 28.6 Å². The third-order valence-corrected chi connectivity index (χ3v) is 8.43. The van der Waals surface area contributed by atoms with Gasteiger partial charge in [0.05, 0.1) is 29.2 Å². The molecule has 13 heteroatoms. The Labute approximate surface area is 259 Å². The molecule has 1 unspecified atom stereocenters. The molecule has 0 saturated heterocycles. The van der Waals surface area contributed by atoms with Crippen molar-refractivity contribution in [3.8, 4) is 11.6 Å². The van der Waals surface area contributed by atoms with Gasteiger partial charge in [-0.05, 0) is 74.7 Å². The van der Waals surface area contributed by atoms with Crippen LogP contribution in [-0.2, 0) is 32.0 Å². The van der Waals surface area contributed by atoms with Gasteiger partial charge in [0.2, 0.25) is 5.95 Å². The van der Waals surface area contributed by atoms with E-state index in [1.807, 2.05) is 19.9 Å². The fraction of sp³-hybridized carbons (Fsp3) is 0.323. The van der Waals surface area contributed by atoms with Crippen LogP contribution in [0.4, 0.5) is 13.2 Å². The first-order valence-electron chi connectivity index (χ1n) is 14.1. The molecule has 5 rings (SSSR count). The van der Waals surface area contributed by atoms with Crippen LogP contribution in [0.5, 0.6) is 0 Å². The number of aromatic nitrogens is 4. The van der Waals surface area contributed by atoms with E-state index in [4.69, 9.17) is 10.1 Å². The van der Waals surface area contributed by atoms with Crippen molar-refractivity contribution in [3.05, 3.63) is 103 Å². The van der Waals surface area contributed by atoms with Crippen LogP contribution in [0, 0.1) is 0 Å². The molecule has 2 aromatic heterocycles. The Kier molecular flexibility index (Phi) is 8.52. The van der Waals surface area contributed by atoms with Crippen molar-refractivity contribution in [1.29, 1.82) is 0 Å². The average Bonchev–Trinajstić information content (AvgIpc) is 3.44. The van der Waals surface area contributed by atoms with Gasteiger partial charge in [0.15, 0.2) is 0 Å². The predicted molar refractivity (Wildman–Crippen MR) is 161 cm³/mol. The quantitative estimate of drug-likeness (QED) is 0.301. The summed E-state index contributed by atoms with van der Waals surface area (Å²) in [6.45, 7) is 5.60. The van der Waals surface area contributed by atoms with Crippen molar-refractivity contribution in [3.63, 3.8) is 0 Å². The summed E-state index contributed by atoms with van der Waals surface area (Å²) in [5, 5.41) is 7.27. The fourth-order valence-corrected chi connectivity index (χ4v) is 5.78. The first kappa shape index (κ1) is 31.2. The van der Waals surface area contributed by atoms with Crippen molar-refractivity contribution >= 4 is 27.7 Å². The van der Waals surface area contributed by atoms with E-state index < -0.39 is 23.7 Å². The summed E-state index contributed by atoms with van der Waals surface area (Å²) in [6, 6.07) is 11.4. The van der Waals surface area contributed by atoms with Crippen molar-refractivity contribution < 1.29 is 22.8 Å².